The summed E-state index contributed by atoms with van der Waals surface area (Å²) in [7, 11) is 0. The highest BCUT2D eigenvalue weighted by Gasteiger charge is 2.22. The van der Waals surface area contributed by atoms with Crippen LogP contribution in [-0.4, -0.2) is 11.5 Å². The molecule has 1 aliphatic rings. The lowest BCUT2D eigenvalue weighted by Crippen LogP contribution is -2.12. The summed E-state index contributed by atoms with van der Waals surface area (Å²) in [6.07, 6.45) is 6.96. The minimum atomic E-state index is 0.186. The maximum Gasteiger partial charge on any atom is 0.0763 e. The van der Waals surface area contributed by atoms with Gasteiger partial charge in [-0.05, 0) is 40.5 Å². The van der Waals surface area contributed by atoms with E-state index in [0.717, 1.165) is 5.56 Å². The lowest BCUT2D eigenvalue weighted by atomic mass is 9.85. The van der Waals surface area contributed by atoms with Crippen molar-refractivity contribution in [2.75, 3.05) is 11.5 Å². The Labute approximate surface area is 119 Å². The van der Waals surface area contributed by atoms with E-state index in [0.29, 0.717) is 4.58 Å². The zero-order chi connectivity index (χ0) is 13.2. The summed E-state index contributed by atoms with van der Waals surface area (Å²) in [5.74, 6) is 5.35. The summed E-state index contributed by atoms with van der Waals surface area (Å²) >= 11 is 4.07. The molecule has 2 heteroatoms. The molecular formula is C16H20S2. The first-order valence-electron chi connectivity index (χ1n) is 6.36. The summed E-state index contributed by atoms with van der Waals surface area (Å²) in [4.78, 5) is 0. The van der Waals surface area contributed by atoms with Crippen molar-refractivity contribution < 1.29 is 0 Å². The Morgan fingerprint density at radius 2 is 1.89 bits per heavy atom. The van der Waals surface area contributed by atoms with E-state index in [9.17, 15) is 0 Å². The Bertz CT molecular complexity index is 457. The molecule has 0 radical (unpaired) electrons. The van der Waals surface area contributed by atoms with Gasteiger partial charge in [-0.25, -0.2) is 0 Å². The minimum Gasteiger partial charge on any atom is -0.143 e. The lowest BCUT2D eigenvalue weighted by Gasteiger charge is -2.25. The molecule has 1 aliphatic heterocycles. The number of benzene rings is 1. The van der Waals surface area contributed by atoms with Crippen LogP contribution in [0.15, 0.2) is 18.2 Å². The van der Waals surface area contributed by atoms with Crippen LogP contribution in [-0.2, 0) is 5.41 Å². The van der Waals surface area contributed by atoms with Crippen LogP contribution < -0.4 is 0 Å². The maximum atomic E-state index is 5.65. The number of hydrogen-bond donors (Lipinski definition) is 0. The van der Waals surface area contributed by atoms with E-state index in [1.165, 1.54) is 29.1 Å². The SMILES string of the molecule is C#Cc1ccc(C(C)(C)C)cc1C1SCCCS1. The molecule has 18 heavy (non-hydrogen) atoms. The number of hydrogen-bond acceptors (Lipinski definition) is 2. The summed E-state index contributed by atoms with van der Waals surface area (Å²) < 4.78 is 0.520. The van der Waals surface area contributed by atoms with Crippen LogP contribution in [0, 0.1) is 12.3 Å². The number of rotatable bonds is 1. The van der Waals surface area contributed by atoms with Crippen molar-refractivity contribution in [1.82, 2.24) is 0 Å². The molecule has 0 bridgehead atoms. The average molecular weight is 276 g/mol. The Hall–Kier alpha value is -0.520. The second-order valence-electron chi connectivity index (χ2n) is 5.62. The summed E-state index contributed by atoms with van der Waals surface area (Å²) in [6, 6.07) is 6.62. The van der Waals surface area contributed by atoms with Gasteiger partial charge in [0.2, 0.25) is 0 Å². The molecule has 0 atom stereocenters. The van der Waals surface area contributed by atoms with Crippen molar-refractivity contribution >= 4 is 23.5 Å². The third-order valence-corrected chi connectivity index (χ3v) is 6.13. The average Bonchev–Trinajstić information content (AvgIpc) is 2.38. The second-order valence-corrected chi connectivity index (χ2v) is 8.35. The predicted octanol–water partition coefficient (Wildman–Crippen LogP) is 4.83. The molecule has 1 saturated heterocycles. The zero-order valence-electron chi connectivity index (χ0n) is 11.3. The summed E-state index contributed by atoms with van der Waals surface area (Å²) in [6.45, 7) is 6.76. The highest BCUT2D eigenvalue weighted by atomic mass is 32.2. The third kappa shape index (κ3) is 3.08. The van der Waals surface area contributed by atoms with E-state index in [1.807, 2.05) is 23.5 Å². The van der Waals surface area contributed by atoms with Gasteiger partial charge in [0.1, 0.15) is 0 Å². The molecule has 96 valence electrons. The van der Waals surface area contributed by atoms with E-state index in [1.54, 1.807) is 0 Å². The molecular weight excluding hydrogens is 256 g/mol. The maximum absolute atomic E-state index is 5.65. The monoisotopic (exact) mass is 276 g/mol. The first kappa shape index (κ1) is 13.9. The minimum absolute atomic E-state index is 0.186. The first-order chi connectivity index (χ1) is 8.52. The third-order valence-electron chi connectivity index (χ3n) is 3.15. The van der Waals surface area contributed by atoms with Crippen LogP contribution in [0.25, 0.3) is 0 Å². The number of terminal acetylenes is 1. The molecule has 0 aromatic heterocycles. The molecule has 1 fully saturated rings. The highest BCUT2D eigenvalue weighted by molar-refractivity contribution is 8.16. The molecule has 1 heterocycles. The van der Waals surface area contributed by atoms with E-state index >= 15 is 0 Å². The van der Waals surface area contributed by atoms with E-state index in [-0.39, 0.29) is 5.41 Å². The van der Waals surface area contributed by atoms with Gasteiger partial charge < -0.3 is 0 Å². The van der Waals surface area contributed by atoms with Crippen LogP contribution in [0.5, 0.6) is 0 Å². The van der Waals surface area contributed by atoms with Crippen molar-refractivity contribution in [1.29, 1.82) is 0 Å². The molecule has 0 aliphatic carbocycles. The Kier molecular flexibility index (Phi) is 4.35. The molecule has 2 rings (SSSR count). The highest BCUT2D eigenvalue weighted by Crippen LogP contribution is 2.45. The van der Waals surface area contributed by atoms with E-state index in [2.05, 4.69) is 44.9 Å². The van der Waals surface area contributed by atoms with E-state index in [4.69, 9.17) is 6.42 Å². The van der Waals surface area contributed by atoms with Crippen molar-refractivity contribution in [3.8, 4) is 12.3 Å². The van der Waals surface area contributed by atoms with Crippen LogP contribution in [0.2, 0.25) is 0 Å². The predicted molar refractivity (Wildman–Crippen MR) is 85.4 cm³/mol. The smallest absolute Gasteiger partial charge is 0.0763 e. The van der Waals surface area contributed by atoms with Crippen LogP contribution in [0.1, 0.15) is 48.5 Å². The largest absolute Gasteiger partial charge is 0.143 e. The van der Waals surface area contributed by atoms with Gasteiger partial charge >= 0.3 is 0 Å². The van der Waals surface area contributed by atoms with Gasteiger partial charge in [0, 0.05) is 5.56 Å². The summed E-state index contributed by atoms with van der Waals surface area (Å²) in [5, 5.41) is 0. The fourth-order valence-corrected chi connectivity index (χ4v) is 4.97. The van der Waals surface area contributed by atoms with Crippen LogP contribution >= 0.6 is 23.5 Å². The Morgan fingerprint density at radius 1 is 1.22 bits per heavy atom. The standard InChI is InChI=1S/C16H20S2/c1-5-12-7-8-13(16(2,3)4)11-14(12)15-17-9-6-10-18-15/h1,7-8,11,15H,6,9-10H2,2-4H3. The molecule has 1 aromatic rings. The molecule has 1 aromatic carbocycles. The van der Waals surface area contributed by atoms with Crippen LogP contribution in [0.4, 0.5) is 0 Å². The normalized spacial score (nSPS) is 17.4. The van der Waals surface area contributed by atoms with Crippen molar-refractivity contribution in [2.45, 2.75) is 37.2 Å². The lowest BCUT2D eigenvalue weighted by molar-refractivity contribution is 0.589. The van der Waals surface area contributed by atoms with Gasteiger partial charge in [-0.15, -0.1) is 29.9 Å². The van der Waals surface area contributed by atoms with Crippen molar-refractivity contribution in [3.63, 3.8) is 0 Å². The van der Waals surface area contributed by atoms with Gasteiger partial charge in [0.15, 0.2) is 0 Å². The van der Waals surface area contributed by atoms with Gasteiger partial charge in [-0.1, -0.05) is 38.8 Å². The van der Waals surface area contributed by atoms with Crippen molar-refractivity contribution in [3.05, 3.63) is 34.9 Å². The number of thioether (sulfide) groups is 2. The fraction of sp³-hybridized carbons (Fsp3) is 0.500. The van der Waals surface area contributed by atoms with Crippen LogP contribution in [0.3, 0.4) is 0 Å². The van der Waals surface area contributed by atoms with E-state index < -0.39 is 0 Å². The Balaban J connectivity index is 2.39. The zero-order valence-corrected chi connectivity index (χ0v) is 13.0. The van der Waals surface area contributed by atoms with Gasteiger partial charge in [-0.2, -0.15) is 0 Å². The molecule has 0 amide bonds. The van der Waals surface area contributed by atoms with Gasteiger partial charge in [-0.3, -0.25) is 0 Å². The topological polar surface area (TPSA) is 0 Å². The fourth-order valence-electron chi connectivity index (χ4n) is 2.02. The Morgan fingerprint density at radius 3 is 2.44 bits per heavy atom. The van der Waals surface area contributed by atoms with Gasteiger partial charge in [0.05, 0.1) is 4.58 Å². The molecule has 0 N–H and O–H groups in total. The van der Waals surface area contributed by atoms with Crippen molar-refractivity contribution in [2.24, 2.45) is 0 Å². The van der Waals surface area contributed by atoms with Gasteiger partial charge in [0.25, 0.3) is 0 Å². The first-order valence-corrected chi connectivity index (χ1v) is 8.46. The molecule has 0 unspecified atom stereocenters. The quantitative estimate of drug-likeness (QED) is 0.674. The summed E-state index contributed by atoms with van der Waals surface area (Å²) in [5.41, 5.74) is 3.98. The molecule has 0 nitrogen and oxygen atoms in total. The molecule has 0 saturated carbocycles. The molecule has 0 spiro atoms. The second kappa shape index (κ2) is 5.63.